The molecule has 0 N–H and O–H groups in total. The summed E-state index contributed by atoms with van der Waals surface area (Å²) >= 11 is 6.31. The summed E-state index contributed by atoms with van der Waals surface area (Å²) in [6, 6.07) is 17.2. The van der Waals surface area contributed by atoms with E-state index >= 15 is 0 Å². The molecule has 1 saturated heterocycles. The van der Waals surface area contributed by atoms with Crippen LogP contribution in [0.15, 0.2) is 59.6 Å². The molecule has 0 spiro atoms. The van der Waals surface area contributed by atoms with E-state index in [-0.39, 0.29) is 28.5 Å². The number of rotatable bonds is 5. The fraction of sp³-hybridized carbons (Fsp3) is 0.304. The molecule has 4 rings (SSSR count). The van der Waals surface area contributed by atoms with Crippen LogP contribution in [0.1, 0.15) is 24.0 Å². The summed E-state index contributed by atoms with van der Waals surface area (Å²) in [7, 11) is 1.58. The summed E-state index contributed by atoms with van der Waals surface area (Å²) in [4.78, 5) is 29.6. The maximum absolute atomic E-state index is 13.1. The lowest BCUT2D eigenvalue weighted by molar-refractivity contribution is -0.140. The van der Waals surface area contributed by atoms with E-state index < -0.39 is 0 Å². The zero-order valence-electron chi connectivity index (χ0n) is 16.3. The predicted molar refractivity (Wildman–Crippen MR) is 112 cm³/mol. The lowest BCUT2D eigenvalue weighted by Gasteiger charge is -2.35. The normalized spacial score (nSPS) is 18.6. The highest BCUT2D eigenvalue weighted by Crippen LogP contribution is 2.35. The van der Waals surface area contributed by atoms with Crippen molar-refractivity contribution in [1.82, 2.24) is 9.80 Å². The third-order valence-corrected chi connectivity index (χ3v) is 5.96. The number of hydrogen-bond donors (Lipinski definition) is 0. The number of carbonyl (C=O) groups is 2. The number of imide groups is 1. The van der Waals surface area contributed by atoms with Crippen molar-refractivity contribution < 1.29 is 14.3 Å². The minimum atomic E-state index is -0.385. The topological polar surface area (TPSA) is 49.9 Å². The zero-order valence-corrected chi connectivity index (χ0v) is 17.1. The average Bonchev–Trinajstić information content (AvgIpc) is 2.98. The predicted octanol–water partition coefficient (Wildman–Crippen LogP) is 3.68. The van der Waals surface area contributed by atoms with Crippen molar-refractivity contribution in [2.24, 2.45) is 0 Å². The van der Waals surface area contributed by atoms with Crippen LogP contribution in [0.5, 0.6) is 5.75 Å². The van der Waals surface area contributed by atoms with E-state index in [0.29, 0.717) is 11.3 Å². The number of hydrogen-bond acceptors (Lipinski definition) is 4. The Hall–Kier alpha value is -2.63. The van der Waals surface area contributed by atoms with Gasteiger partial charge in [0.25, 0.3) is 11.8 Å². The van der Waals surface area contributed by atoms with Gasteiger partial charge in [-0.25, -0.2) is 0 Å². The second kappa shape index (κ2) is 8.39. The van der Waals surface area contributed by atoms with Crippen LogP contribution < -0.4 is 4.74 Å². The molecule has 2 aromatic carbocycles. The van der Waals surface area contributed by atoms with Gasteiger partial charge in [0, 0.05) is 25.7 Å². The van der Waals surface area contributed by atoms with E-state index in [2.05, 4.69) is 17.0 Å². The number of carbonyl (C=O) groups excluding carboxylic acids is 2. The van der Waals surface area contributed by atoms with Crippen LogP contribution in [0.25, 0.3) is 5.57 Å². The highest BCUT2D eigenvalue weighted by molar-refractivity contribution is 6.55. The van der Waals surface area contributed by atoms with Gasteiger partial charge in [-0.2, -0.15) is 0 Å². The van der Waals surface area contributed by atoms with Crippen molar-refractivity contribution in [1.29, 1.82) is 0 Å². The molecule has 0 atom stereocenters. The summed E-state index contributed by atoms with van der Waals surface area (Å²) in [6.07, 6.45) is 1.51. The lowest BCUT2D eigenvalue weighted by atomic mass is 10.0. The fourth-order valence-electron chi connectivity index (χ4n) is 4.04. The summed E-state index contributed by atoms with van der Waals surface area (Å²) in [5.41, 5.74) is 2.19. The third-order valence-electron chi connectivity index (χ3n) is 5.61. The van der Waals surface area contributed by atoms with E-state index in [1.165, 1.54) is 10.5 Å². The number of nitrogens with zero attached hydrogens (tertiary/aromatic N) is 2. The molecule has 29 heavy (non-hydrogen) atoms. The Balaban J connectivity index is 1.44. The molecule has 0 saturated carbocycles. The number of likely N-dealkylation sites (tertiary alicyclic amines) is 1. The Morgan fingerprint density at radius 3 is 2.24 bits per heavy atom. The molecule has 2 aromatic rings. The van der Waals surface area contributed by atoms with Crippen molar-refractivity contribution >= 4 is 29.0 Å². The Morgan fingerprint density at radius 1 is 0.966 bits per heavy atom. The second-order valence-corrected chi connectivity index (χ2v) is 7.77. The fourth-order valence-corrected chi connectivity index (χ4v) is 4.32. The third kappa shape index (κ3) is 3.93. The van der Waals surface area contributed by atoms with Gasteiger partial charge in [0.05, 0.1) is 12.7 Å². The molecule has 5 nitrogen and oxygen atoms in total. The summed E-state index contributed by atoms with van der Waals surface area (Å²) in [5, 5.41) is 0.00637. The van der Waals surface area contributed by atoms with Crippen molar-refractivity contribution in [2.75, 3.05) is 20.2 Å². The molecule has 2 aliphatic rings. The van der Waals surface area contributed by atoms with Gasteiger partial charge in [-0.05, 0) is 36.1 Å². The molecule has 2 heterocycles. The van der Waals surface area contributed by atoms with Crippen LogP contribution >= 0.6 is 11.6 Å². The van der Waals surface area contributed by atoms with Gasteiger partial charge in [-0.3, -0.25) is 19.4 Å². The largest absolute Gasteiger partial charge is 0.497 e. The van der Waals surface area contributed by atoms with Crippen molar-refractivity contribution in [2.45, 2.75) is 25.4 Å². The zero-order chi connectivity index (χ0) is 20.4. The molecule has 1 fully saturated rings. The van der Waals surface area contributed by atoms with Gasteiger partial charge in [-0.15, -0.1) is 0 Å². The van der Waals surface area contributed by atoms with Crippen molar-refractivity contribution in [3.63, 3.8) is 0 Å². The van der Waals surface area contributed by atoms with Crippen LogP contribution in [0, 0.1) is 0 Å². The Bertz CT molecular complexity index is 932. The van der Waals surface area contributed by atoms with Crippen molar-refractivity contribution in [3.05, 3.63) is 70.8 Å². The standard InChI is InChI=1S/C23H23ClN2O3/c1-29-19-9-7-17(8-10-19)20-21(24)23(28)26(22(20)27)18-11-13-25(14-12-18)15-16-5-3-2-4-6-16/h2-10,18H,11-15H2,1H3. The molecule has 2 aliphatic heterocycles. The van der Waals surface area contributed by atoms with Gasteiger partial charge in [0.2, 0.25) is 0 Å². The SMILES string of the molecule is COc1ccc(C2=C(Cl)C(=O)N(C3CCN(Cc4ccccc4)CC3)C2=O)cc1. The highest BCUT2D eigenvalue weighted by atomic mass is 35.5. The number of ether oxygens (including phenoxy) is 1. The number of piperidine rings is 1. The number of benzene rings is 2. The molecule has 0 unspecified atom stereocenters. The van der Waals surface area contributed by atoms with Gasteiger partial charge >= 0.3 is 0 Å². The van der Waals surface area contributed by atoms with E-state index in [0.717, 1.165) is 32.5 Å². The number of methoxy groups -OCH3 is 1. The average molecular weight is 411 g/mol. The van der Waals surface area contributed by atoms with Crippen LogP contribution in [-0.2, 0) is 16.1 Å². The lowest BCUT2D eigenvalue weighted by Crippen LogP contribution is -2.47. The van der Waals surface area contributed by atoms with E-state index in [1.54, 1.807) is 31.4 Å². The molecular formula is C23H23ClN2O3. The molecule has 0 aliphatic carbocycles. The highest BCUT2D eigenvalue weighted by Gasteiger charge is 2.42. The van der Waals surface area contributed by atoms with Gasteiger partial charge < -0.3 is 4.74 Å². The first-order valence-corrected chi connectivity index (χ1v) is 10.1. The molecule has 150 valence electrons. The monoisotopic (exact) mass is 410 g/mol. The second-order valence-electron chi connectivity index (χ2n) is 7.39. The van der Waals surface area contributed by atoms with Crippen molar-refractivity contribution in [3.8, 4) is 5.75 Å². The van der Waals surface area contributed by atoms with E-state index in [9.17, 15) is 9.59 Å². The maximum atomic E-state index is 13.1. The minimum absolute atomic E-state index is 0.00637. The number of halogens is 1. The summed E-state index contributed by atoms with van der Waals surface area (Å²) in [6.45, 7) is 2.56. The Morgan fingerprint density at radius 2 is 1.62 bits per heavy atom. The maximum Gasteiger partial charge on any atom is 0.273 e. The van der Waals surface area contributed by atoms with Crippen LogP contribution in [0.4, 0.5) is 0 Å². The molecule has 0 bridgehead atoms. The number of amides is 2. The molecule has 0 aromatic heterocycles. The minimum Gasteiger partial charge on any atom is -0.497 e. The first kappa shape index (κ1) is 19.7. The van der Waals surface area contributed by atoms with Gasteiger partial charge in [0.15, 0.2) is 0 Å². The smallest absolute Gasteiger partial charge is 0.273 e. The van der Waals surface area contributed by atoms with Gasteiger partial charge in [-0.1, -0.05) is 54.1 Å². The summed E-state index contributed by atoms with van der Waals surface area (Å²) < 4.78 is 5.16. The van der Waals surface area contributed by atoms with E-state index in [4.69, 9.17) is 16.3 Å². The van der Waals surface area contributed by atoms with Crippen LogP contribution in [-0.4, -0.2) is 47.9 Å². The molecular weight excluding hydrogens is 388 g/mol. The summed E-state index contributed by atoms with van der Waals surface area (Å²) in [5.74, 6) is 0.000518. The molecule has 6 heteroatoms. The Kier molecular flexibility index (Phi) is 5.69. The quantitative estimate of drug-likeness (QED) is 0.705. The van der Waals surface area contributed by atoms with Crippen LogP contribution in [0.3, 0.4) is 0 Å². The molecule has 2 amide bonds. The molecule has 0 radical (unpaired) electrons. The Labute approximate surface area is 175 Å². The first-order chi connectivity index (χ1) is 14.1. The van der Waals surface area contributed by atoms with E-state index in [1.807, 2.05) is 18.2 Å². The first-order valence-electron chi connectivity index (χ1n) is 9.77. The van der Waals surface area contributed by atoms with Crippen LogP contribution in [0.2, 0.25) is 0 Å². The van der Waals surface area contributed by atoms with Gasteiger partial charge in [0.1, 0.15) is 10.8 Å².